The number of amides is 1. The first-order valence-corrected chi connectivity index (χ1v) is 7.00. The number of rotatable bonds is 5. The van der Waals surface area contributed by atoms with Gasteiger partial charge >= 0.3 is 0 Å². The van der Waals surface area contributed by atoms with E-state index in [9.17, 15) is 4.79 Å². The molecule has 1 atom stereocenters. The molecule has 1 aromatic heterocycles. The highest BCUT2D eigenvalue weighted by Crippen LogP contribution is 2.19. The Hall–Kier alpha value is -1.65. The van der Waals surface area contributed by atoms with Crippen LogP contribution in [0.1, 0.15) is 26.9 Å². The Morgan fingerprint density at radius 3 is 2.74 bits per heavy atom. The number of methoxy groups -OCH3 is 1. The van der Waals surface area contributed by atoms with Gasteiger partial charge < -0.3 is 10.1 Å². The Morgan fingerprint density at radius 2 is 2.11 bits per heavy atom. The minimum Gasteiger partial charge on any atom is -0.375 e. The van der Waals surface area contributed by atoms with Crippen LogP contribution in [0.15, 0.2) is 41.8 Å². The third kappa shape index (κ3) is 3.43. The van der Waals surface area contributed by atoms with Crippen molar-refractivity contribution in [3.8, 4) is 0 Å². The lowest BCUT2D eigenvalue weighted by molar-refractivity contribution is 0.0829. The molecule has 0 bridgehead atoms. The molecule has 19 heavy (non-hydrogen) atoms. The van der Waals surface area contributed by atoms with Gasteiger partial charge in [0.25, 0.3) is 5.91 Å². The molecule has 0 aliphatic heterocycles. The summed E-state index contributed by atoms with van der Waals surface area (Å²) in [5.74, 6) is -0.0503. The van der Waals surface area contributed by atoms with E-state index in [2.05, 4.69) is 5.32 Å². The lowest BCUT2D eigenvalue weighted by Crippen LogP contribution is -2.28. The van der Waals surface area contributed by atoms with Crippen molar-refractivity contribution in [2.24, 2.45) is 0 Å². The largest absolute Gasteiger partial charge is 0.375 e. The molecular formula is C15H17NO2S. The number of carbonyl (C=O) groups excluding carboxylic acids is 1. The molecule has 0 aliphatic rings. The average Bonchev–Trinajstić information content (AvgIpc) is 2.95. The molecule has 2 rings (SSSR count). The van der Waals surface area contributed by atoms with Crippen LogP contribution >= 0.6 is 11.3 Å². The molecule has 1 amide bonds. The second-order valence-electron chi connectivity index (χ2n) is 4.27. The Labute approximate surface area is 117 Å². The van der Waals surface area contributed by atoms with Gasteiger partial charge in [0.15, 0.2) is 0 Å². The summed E-state index contributed by atoms with van der Waals surface area (Å²) in [6.45, 7) is 2.51. The first kappa shape index (κ1) is 13.8. The van der Waals surface area contributed by atoms with Gasteiger partial charge in [0, 0.05) is 13.7 Å². The van der Waals surface area contributed by atoms with Crippen LogP contribution in [0.2, 0.25) is 0 Å². The van der Waals surface area contributed by atoms with Crippen LogP contribution < -0.4 is 5.32 Å². The highest BCUT2D eigenvalue weighted by molar-refractivity contribution is 7.12. The lowest BCUT2D eigenvalue weighted by atomic mass is 10.0. The molecular weight excluding hydrogens is 258 g/mol. The summed E-state index contributed by atoms with van der Waals surface area (Å²) in [7, 11) is 1.66. The van der Waals surface area contributed by atoms with E-state index < -0.39 is 0 Å². The van der Waals surface area contributed by atoms with E-state index in [0.29, 0.717) is 6.54 Å². The van der Waals surface area contributed by atoms with Crippen molar-refractivity contribution in [2.75, 3.05) is 13.7 Å². The lowest BCUT2D eigenvalue weighted by Gasteiger charge is -2.18. The summed E-state index contributed by atoms with van der Waals surface area (Å²) in [6, 6.07) is 11.7. The van der Waals surface area contributed by atoms with Gasteiger partial charge in [-0.3, -0.25) is 4.79 Å². The van der Waals surface area contributed by atoms with Crippen LogP contribution in [0.3, 0.4) is 0 Å². The van der Waals surface area contributed by atoms with E-state index in [1.54, 1.807) is 7.11 Å². The van der Waals surface area contributed by atoms with Crippen molar-refractivity contribution in [1.29, 1.82) is 0 Å². The Kier molecular flexibility index (Phi) is 4.71. The topological polar surface area (TPSA) is 38.3 Å². The molecule has 0 unspecified atom stereocenters. The van der Waals surface area contributed by atoms with Gasteiger partial charge in [0.05, 0.1) is 11.0 Å². The number of ether oxygens (including phenoxy) is 1. The van der Waals surface area contributed by atoms with Crippen LogP contribution in [0, 0.1) is 6.92 Å². The molecule has 0 saturated heterocycles. The zero-order chi connectivity index (χ0) is 13.7. The van der Waals surface area contributed by atoms with Crippen molar-refractivity contribution in [3.63, 3.8) is 0 Å². The molecule has 1 aromatic carbocycles. The van der Waals surface area contributed by atoms with Crippen molar-refractivity contribution in [3.05, 3.63) is 57.8 Å². The third-order valence-electron chi connectivity index (χ3n) is 3.01. The van der Waals surface area contributed by atoms with Crippen molar-refractivity contribution in [1.82, 2.24) is 5.32 Å². The number of benzene rings is 1. The summed E-state index contributed by atoms with van der Waals surface area (Å²) in [4.78, 5) is 12.6. The second kappa shape index (κ2) is 6.50. The fourth-order valence-corrected chi connectivity index (χ4v) is 2.59. The highest BCUT2D eigenvalue weighted by Gasteiger charge is 2.14. The van der Waals surface area contributed by atoms with Crippen molar-refractivity contribution < 1.29 is 9.53 Å². The van der Waals surface area contributed by atoms with Crippen LogP contribution in [-0.4, -0.2) is 19.6 Å². The van der Waals surface area contributed by atoms with Crippen LogP contribution in [0.4, 0.5) is 0 Å². The summed E-state index contributed by atoms with van der Waals surface area (Å²) < 4.78 is 5.47. The van der Waals surface area contributed by atoms with Gasteiger partial charge in [-0.15, -0.1) is 11.3 Å². The number of carbonyl (C=O) groups is 1. The predicted molar refractivity (Wildman–Crippen MR) is 77.6 cm³/mol. The number of thiophene rings is 1. The van der Waals surface area contributed by atoms with Gasteiger partial charge in [0.2, 0.25) is 0 Å². The van der Waals surface area contributed by atoms with Gasteiger partial charge in [0.1, 0.15) is 0 Å². The average molecular weight is 275 g/mol. The summed E-state index contributed by atoms with van der Waals surface area (Å²) in [6.07, 6.45) is -0.120. The third-order valence-corrected chi connectivity index (χ3v) is 3.88. The maximum absolute atomic E-state index is 11.9. The minimum absolute atomic E-state index is 0.0503. The molecule has 1 N–H and O–H groups in total. The first-order valence-electron chi connectivity index (χ1n) is 6.12. The quantitative estimate of drug-likeness (QED) is 0.910. The number of hydrogen-bond acceptors (Lipinski definition) is 3. The van der Waals surface area contributed by atoms with E-state index in [1.807, 2.05) is 48.7 Å². The monoisotopic (exact) mass is 275 g/mol. The Morgan fingerprint density at radius 1 is 1.32 bits per heavy atom. The number of aryl methyl sites for hydroxylation is 1. The van der Waals surface area contributed by atoms with Crippen molar-refractivity contribution >= 4 is 17.2 Å². The van der Waals surface area contributed by atoms with Crippen LogP contribution in [0.5, 0.6) is 0 Å². The molecule has 0 fully saturated rings. The molecule has 0 saturated carbocycles. The summed E-state index contributed by atoms with van der Waals surface area (Å²) >= 11 is 1.44. The first-order chi connectivity index (χ1) is 9.22. The van der Waals surface area contributed by atoms with Crippen LogP contribution in [0.25, 0.3) is 0 Å². The molecule has 100 valence electrons. The van der Waals surface area contributed by atoms with Gasteiger partial charge in [-0.05, 0) is 29.5 Å². The van der Waals surface area contributed by atoms with Gasteiger partial charge in [-0.1, -0.05) is 30.3 Å². The fraction of sp³-hybridized carbons (Fsp3) is 0.267. The van der Waals surface area contributed by atoms with E-state index in [-0.39, 0.29) is 12.0 Å². The molecule has 1 heterocycles. The smallest absolute Gasteiger partial charge is 0.261 e. The van der Waals surface area contributed by atoms with Gasteiger partial charge in [-0.25, -0.2) is 0 Å². The van der Waals surface area contributed by atoms with E-state index in [4.69, 9.17) is 4.74 Å². The van der Waals surface area contributed by atoms with E-state index in [1.165, 1.54) is 16.9 Å². The Bertz CT molecular complexity index is 537. The minimum atomic E-state index is -0.120. The zero-order valence-electron chi connectivity index (χ0n) is 11.1. The SMILES string of the molecule is CO[C@H](CNC(=O)c1cccs1)c1ccccc1C. The molecule has 0 spiro atoms. The maximum atomic E-state index is 11.9. The molecule has 4 heteroatoms. The molecule has 2 aromatic rings. The number of hydrogen-bond donors (Lipinski definition) is 1. The maximum Gasteiger partial charge on any atom is 0.261 e. The summed E-state index contributed by atoms with van der Waals surface area (Å²) in [5.41, 5.74) is 2.27. The molecule has 0 radical (unpaired) electrons. The fourth-order valence-electron chi connectivity index (χ4n) is 1.95. The van der Waals surface area contributed by atoms with E-state index >= 15 is 0 Å². The molecule has 3 nitrogen and oxygen atoms in total. The predicted octanol–water partition coefficient (Wildman–Crippen LogP) is 3.17. The highest BCUT2D eigenvalue weighted by atomic mass is 32.1. The Balaban J connectivity index is 2.01. The van der Waals surface area contributed by atoms with Gasteiger partial charge in [-0.2, -0.15) is 0 Å². The normalized spacial score (nSPS) is 12.1. The van der Waals surface area contributed by atoms with E-state index in [0.717, 1.165) is 10.4 Å². The van der Waals surface area contributed by atoms with Crippen LogP contribution in [-0.2, 0) is 4.74 Å². The number of nitrogens with one attached hydrogen (secondary N) is 1. The van der Waals surface area contributed by atoms with Crippen molar-refractivity contribution in [2.45, 2.75) is 13.0 Å². The second-order valence-corrected chi connectivity index (χ2v) is 5.22. The molecule has 0 aliphatic carbocycles. The standard InChI is InChI=1S/C15H17NO2S/c1-11-6-3-4-7-12(11)13(18-2)10-16-15(17)14-8-5-9-19-14/h3-9,13H,10H2,1-2H3,(H,16,17)/t13-/m1/s1. The zero-order valence-corrected chi connectivity index (χ0v) is 11.9. The summed E-state index contributed by atoms with van der Waals surface area (Å²) in [5, 5.41) is 4.80.